The van der Waals surface area contributed by atoms with E-state index in [9.17, 15) is 4.79 Å². The lowest BCUT2D eigenvalue weighted by Gasteiger charge is -2.22. The van der Waals surface area contributed by atoms with Crippen LogP contribution in [0.5, 0.6) is 0 Å². The molecule has 2 aromatic rings. The minimum Gasteiger partial charge on any atom is -0.376 e. The van der Waals surface area contributed by atoms with Gasteiger partial charge in [-0.25, -0.2) is 0 Å². The lowest BCUT2D eigenvalue weighted by molar-refractivity contribution is -0.120. The first-order chi connectivity index (χ1) is 16.8. The molecule has 3 rings (SSSR count). The van der Waals surface area contributed by atoms with Crippen LogP contribution in [0, 0.1) is 0 Å². The molecule has 0 fully saturated rings. The molecule has 188 valence electrons. The quantitative estimate of drug-likeness (QED) is 0.433. The molecule has 2 aromatic carbocycles. The highest BCUT2D eigenvalue weighted by Gasteiger charge is 2.30. The zero-order chi connectivity index (χ0) is 25.4. The van der Waals surface area contributed by atoms with Crippen LogP contribution in [0.3, 0.4) is 0 Å². The van der Waals surface area contributed by atoms with Crippen LogP contribution in [0.25, 0.3) is 0 Å². The molecular formula is C27H36ClN5OS. The Balaban J connectivity index is 1.70. The molecule has 2 unspecified atom stereocenters. The van der Waals surface area contributed by atoms with E-state index in [-0.39, 0.29) is 11.9 Å². The highest BCUT2D eigenvalue weighted by Crippen LogP contribution is 2.29. The minimum atomic E-state index is -0.765. The number of likely N-dealkylation sites (N-methyl/N-ethyl adjacent to an activating group) is 1. The van der Waals surface area contributed by atoms with Crippen molar-refractivity contribution in [3.8, 4) is 0 Å². The number of fused-ring (bicyclic) bond motifs is 1. The van der Waals surface area contributed by atoms with Crippen LogP contribution in [0.2, 0.25) is 5.02 Å². The lowest BCUT2D eigenvalue weighted by Crippen LogP contribution is -2.47. The van der Waals surface area contributed by atoms with Crippen molar-refractivity contribution >= 4 is 46.1 Å². The fraction of sp³-hybridized carbons (Fsp3) is 0.444. The third-order valence-electron chi connectivity index (χ3n) is 6.31. The van der Waals surface area contributed by atoms with E-state index in [2.05, 4.69) is 36.3 Å². The van der Waals surface area contributed by atoms with E-state index < -0.39 is 6.17 Å². The fourth-order valence-corrected chi connectivity index (χ4v) is 4.71. The number of halogens is 1. The Kier molecular flexibility index (Phi) is 10.2. The second-order valence-electron chi connectivity index (χ2n) is 8.82. The van der Waals surface area contributed by atoms with Crippen molar-refractivity contribution in [1.29, 1.82) is 0 Å². The standard InChI is InChI=1S/C27H36ClN5OS/c1-5-33(6-2)16-10-11-19(3)30-24(35)18-29-26-27(34)32(4)23-15-14-21(28)17-22(23)25(31-26)20-12-8-7-9-13-20/h7-9,12-15,17,19,26,29H,5-6,10-11,16,18H2,1-4H3,(H,30,35). The number of aliphatic imine (C=N–C) groups is 1. The first-order valence-corrected chi connectivity index (χ1v) is 13.1. The summed E-state index contributed by atoms with van der Waals surface area (Å²) in [6, 6.07) is 15.6. The maximum atomic E-state index is 13.3. The molecule has 0 saturated heterocycles. The van der Waals surface area contributed by atoms with Crippen molar-refractivity contribution in [1.82, 2.24) is 15.5 Å². The number of rotatable bonds is 11. The van der Waals surface area contributed by atoms with Gasteiger partial charge in [-0.05, 0) is 57.6 Å². The number of amides is 1. The maximum Gasteiger partial charge on any atom is 0.266 e. The summed E-state index contributed by atoms with van der Waals surface area (Å²) in [7, 11) is 1.77. The van der Waals surface area contributed by atoms with Crippen LogP contribution >= 0.6 is 23.8 Å². The molecule has 0 bridgehead atoms. The van der Waals surface area contributed by atoms with Crippen LogP contribution in [0.4, 0.5) is 5.69 Å². The second-order valence-corrected chi connectivity index (χ2v) is 9.75. The van der Waals surface area contributed by atoms with Crippen molar-refractivity contribution in [3.63, 3.8) is 0 Å². The zero-order valence-corrected chi connectivity index (χ0v) is 22.6. The largest absolute Gasteiger partial charge is 0.376 e. The van der Waals surface area contributed by atoms with Crippen molar-refractivity contribution < 1.29 is 4.79 Å². The highest BCUT2D eigenvalue weighted by molar-refractivity contribution is 7.80. The molecule has 1 heterocycles. The van der Waals surface area contributed by atoms with Gasteiger partial charge in [-0.2, -0.15) is 0 Å². The van der Waals surface area contributed by atoms with Crippen molar-refractivity contribution in [2.75, 3.05) is 38.1 Å². The number of benzene rings is 2. The average molecular weight is 514 g/mol. The number of anilines is 1. The monoisotopic (exact) mass is 513 g/mol. The normalized spacial score (nSPS) is 16.5. The van der Waals surface area contributed by atoms with Crippen molar-refractivity contribution in [3.05, 3.63) is 64.7 Å². The van der Waals surface area contributed by atoms with Gasteiger partial charge < -0.3 is 15.1 Å². The van der Waals surface area contributed by atoms with E-state index in [0.29, 0.717) is 16.6 Å². The highest BCUT2D eigenvalue weighted by atomic mass is 35.5. The molecule has 0 saturated carbocycles. The molecule has 0 aliphatic carbocycles. The predicted octanol–water partition coefficient (Wildman–Crippen LogP) is 4.50. The van der Waals surface area contributed by atoms with E-state index >= 15 is 0 Å². The summed E-state index contributed by atoms with van der Waals surface area (Å²) < 4.78 is 0. The van der Waals surface area contributed by atoms with Gasteiger partial charge in [0.2, 0.25) is 0 Å². The van der Waals surface area contributed by atoms with Gasteiger partial charge in [-0.15, -0.1) is 0 Å². The van der Waals surface area contributed by atoms with E-state index in [1.807, 2.05) is 42.5 Å². The molecule has 1 aliphatic heterocycles. The number of carbonyl (C=O) groups is 1. The molecule has 8 heteroatoms. The zero-order valence-electron chi connectivity index (χ0n) is 21.1. The molecule has 0 aromatic heterocycles. The Morgan fingerprint density at radius 3 is 2.60 bits per heavy atom. The first kappa shape index (κ1) is 27.3. The first-order valence-electron chi connectivity index (χ1n) is 12.3. The molecule has 2 atom stereocenters. The number of hydrogen-bond acceptors (Lipinski definition) is 5. The number of thiocarbonyl (C=S) groups is 1. The Labute approximate surface area is 219 Å². The third-order valence-corrected chi connectivity index (χ3v) is 6.81. The van der Waals surface area contributed by atoms with Gasteiger partial charge in [0.05, 0.1) is 16.4 Å². The summed E-state index contributed by atoms with van der Waals surface area (Å²) in [4.78, 5) is 22.9. The van der Waals surface area contributed by atoms with Crippen LogP contribution in [0.15, 0.2) is 53.5 Å². The van der Waals surface area contributed by atoms with Gasteiger partial charge >= 0.3 is 0 Å². The molecule has 0 radical (unpaired) electrons. The molecule has 1 aliphatic rings. The molecule has 2 N–H and O–H groups in total. The summed E-state index contributed by atoms with van der Waals surface area (Å²) in [5.74, 6) is -0.144. The Morgan fingerprint density at radius 2 is 1.91 bits per heavy atom. The summed E-state index contributed by atoms with van der Waals surface area (Å²) in [5, 5.41) is 7.26. The van der Waals surface area contributed by atoms with Gasteiger partial charge in [0.15, 0.2) is 6.17 Å². The van der Waals surface area contributed by atoms with Crippen LogP contribution in [0.1, 0.15) is 44.7 Å². The van der Waals surface area contributed by atoms with Gasteiger partial charge in [0.25, 0.3) is 5.91 Å². The Hall–Kier alpha value is -2.32. The van der Waals surface area contributed by atoms with E-state index in [1.54, 1.807) is 18.0 Å². The van der Waals surface area contributed by atoms with Crippen molar-refractivity contribution in [2.24, 2.45) is 4.99 Å². The smallest absolute Gasteiger partial charge is 0.266 e. The predicted molar refractivity (Wildman–Crippen MR) is 151 cm³/mol. The molecule has 6 nitrogen and oxygen atoms in total. The summed E-state index contributed by atoms with van der Waals surface area (Å²) in [6.07, 6.45) is 1.39. The van der Waals surface area contributed by atoms with Gasteiger partial charge in [-0.3, -0.25) is 15.1 Å². The number of carbonyl (C=O) groups excluding carboxylic acids is 1. The van der Waals surface area contributed by atoms with Crippen LogP contribution in [-0.4, -0.2) is 66.9 Å². The van der Waals surface area contributed by atoms with Crippen LogP contribution in [-0.2, 0) is 4.79 Å². The van der Waals surface area contributed by atoms with Gasteiger partial charge in [0, 0.05) is 35.8 Å². The third kappa shape index (κ3) is 7.34. The molecular weight excluding hydrogens is 478 g/mol. The summed E-state index contributed by atoms with van der Waals surface area (Å²) in [6.45, 7) is 10.1. The Morgan fingerprint density at radius 1 is 1.20 bits per heavy atom. The molecule has 0 spiro atoms. The Bertz CT molecular complexity index is 1040. The number of nitrogens with one attached hydrogen (secondary N) is 2. The second kappa shape index (κ2) is 13.1. The molecule has 1 amide bonds. The topological polar surface area (TPSA) is 60.0 Å². The van der Waals surface area contributed by atoms with Gasteiger partial charge in [-0.1, -0.05) is 68.0 Å². The van der Waals surface area contributed by atoms with Crippen LogP contribution < -0.4 is 15.5 Å². The summed E-state index contributed by atoms with van der Waals surface area (Å²) >= 11 is 11.9. The average Bonchev–Trinajstić information content (AvgIpc) is 2.95. The SMILES string of the molecule is CCN(CC)CCCC(C)NC(=S)CNC1N=C(c2ccccc2)c2cc(Cl)ccc2N(C)C1=O. The lowest BCUT2D eigenvalue weighted by atomic mass is 10.0. The number of hydrogen-bond donors (Lipinski definition) is 2. The van der Waals surface area contributed by atoms with Crippen molar-refractivity contribution in [2.45, 2.75) is 45.8 Å². The molecule has 35 heavy (non-hydrogen) atoms. The maximum absolute atomic E-state index is 13.3. The van der Waals surface area contributed by atoms with E-state index in [4.69, 9.17) is 28.8 Å². The summed E-state index contributed by atoms with van der Waals surface area (Å²) in [5.41, 5.74) is 3.25. The van der Waals surface area contributed by atoms with E-state index in [0.717, 1.165) is 55.0 Å². The minimum absolute atomic E-state index is 0.144. The van der Waals surface area contributed by atoms with Gasteiger partial charge in [0.1, 0.15) is 0 Å². The number of nitrogens with zero attached hydrogens (tertiary/aromatic N) is 3. The fourth-order valence-electron chi connectivity index (χ4n) is 4.25. The van der Waals surface area contributed by atoms with E-state index in [1.165, 1.54) is 0 Å². The number of benzodiazepines with no additional fused rings is 1.